The summed E-state index contributed by atoms with van der Waals surface area (Å²) in [5, 5.41) is 4.68. The van der Waals surface area contributed by atoms with Crippen molar-refractivity contribution in [1.29, 1.82) is 0 Å². The highest BCUT2D eigenvalue weighted by Gasteiger charge is 2.34. The van der Waals surface area contributed by atoms with Gasteiger partial charge in [0.15, 0.2) is 5.69 Å². The topological polar surface area (TPSA) is 41.4 Å². The molecule has 1 aliphatic carbocycles. The van der Waals surface area contributed by atoms with Crippen LogP contribution in [0.15, 0.2) is 6.07 Å². The lowest BCUT2D eigenvalue weighted by Gasteiger charge is -2.37. The molecule has 3 rings (SSSR count). The number of hydrogen-bond acceptors (Lipinski definition) is 3. The van der Waals surface area contributed by atoms with E-state index in [2.05, 4.69) is 49.4 Å². The Balaban J connectivity index is 1.87. The van der Waals surface area contributed by atoms with Crippen LogP contribution in [0.1, 0.15) is 62.6 Å². The average molecular weight is 304 g/mol. The van der Waals surface area contributed by atoms with Crippen LogP contribution in [0.5, 0.6) is 0 Å². The molecule has 1 saturated carbocycles. The summed E-state index contributed by atoms with van der Waals surface area (Å²) in [5.74, 6) is 0.684. The summed E-state index contributed by atoms with van der Waals surface area (Å²) in [4.78, 5) is 17.1. The van der Waals surface area contributed by atoms with Crippen molar-refractivity contribution in [2.75, 3.05) is 26.7 Å². The fourth-order valence-corrected chi connectivity index (χ4v) is 3.30. The maximum Gasteiger partial charge on any atom is 0.274 e. The first-order valence-electron chi connectivity index (χ1n) is 8.37. The molecule has 0 bridgehead atoms. The summed E-state index contributed by atoms with van der Waals surface area (Å²) in [6.45, 7) is 11.2. The van der Waals surface area contributed by atoms with Crippen molar-refractivity contribution in [2.45, 2.75) is 58.0 Å². The predicted octanol–water partition coefficient (Wildman–Crippen LogP) is 2.29. The number of nitrogens with zero attached hydrogens (tertiary/aromatic N) is 4. The minimum atomic E-state index is -0.0792. The molecule has 5 nitrogen and oxygen atoms in total. The van der Waals surface area contributed by atoms with Crippen LogP contribution in [-0.2, 0) is 5.54 Å². The third-order valence-corrected chi connectivity index (χ3v) is 4.68. The molecule has 2 fully saturated rings. The van der Waals surface area contributed by atoms with E-state index in [-0.39, 0.29) is 17.5 Å². The summed E-state index contributed by atoms with van der Waals surface area (Å²) in [7, 11) is 2.11. The highest BCUT2D eigenvalue weighted by molar-refractivity contribution is 5.92. The molecule has 1 aromatic heterocycles. The smallest absolute Gasteiger partial charge is 0.274 e. The fourth-order valence-electron chi connectivity index (χ4n) is 3.30. The van der Waals surface area contributed by atoms with Gasteiger partial charge in [0, 0.05) is 37.3 Å². The number of amides is 1. The van der Waals surface area contributed by atoms with Gasteiger partial charge >= 0.3 is 0 Å². The Hall–Kier alpha value is -1.36. The SMILES string of the molecule is C[C@@H]1CN(C)CCN1C(=O)c1cc(C2CC2)n(C(C)(C)C)n1. The fraction of sp³-hybridized carbons (Fsp3) is 0.765. The monoisotopic (exact) mass is 304 g/mol. The molecule has 22 heavy (non-hydrogen) atoms. The predicted molar refractivity (Wildman–Crippen MR) is 87.2 cm³/mol. The third kappa shape index (κ3) is 2.91. The molecule has 0 radical (unpaired) electrons. The van der Waals surface area contributed by atoms with Crippen LogP contribution in [0.25, 0.3) is 0 Å². The maximum absolute atomic E-state index is 12.9. The minimum absolute atomic E-state index is 0.0792. The van der Waals surface area contributed by atoms with Crippen LogP contribution in [0, 0.1) is 0 Å². The molecule has 0 aromatic carbocycles. The van der Waals surface area contributed by atoms with Gasteiger partial charge < -0.3 is 9.80 Å². The van der Waals surface area contributed by atoms with Crippen molar-refractivity contribution in [3.05, 3.63) is 17.5 Å². The molecule has 0 N–H and O–H groups in total. The molecule has 122 valence electrons. The first-order chi connectivity index (χ1) is 10.3. The Bertz CT molecular complexity index is 568. The zero-order valence-corrected chi connectivity index (χ0v) is 14.5. The Morgan fingerprint density at radius 2 is 1.95 bits per heavy atom. The molecule has 2 heterocycles. The molecule has 1 aromatic rings. The first kappa shape index (κ1) is 15.5. The van der Waals surface area contributed by atoms with Crippen LogP contribution in [0.4, 0.5) is 0 Å². The second-order valence-corrected chi connectivity index (χ2v) is 7.92. The summed E-state index contributed by atoms with van der Waals surface area (Å²) >= 11 is 0. The van der Waals surface area contributed by atoms with E-state index in [4.69, 9.17) is 0 Å². The molecular weight excluding hydrogens is 276 g/mol. The zero-order valence-electron chi connectivity index (χ0n) is 14.5. The average Bonchev–Trinajstić information content (AvgIpc) is 3.15. The number of carbonyl (C=O) groups is 1. The van der Waals surface area contributed by atoms with Crippen molar-refractivity contribution in [2.24, 2.45) is 0 Å². The standard InChI is InChI=1S/C17H28N4O/c1-12-11-19(5)8-9-20(12)16(22)14-10-15(13-6-7-13)21(18-14)17(2,3)4/h10,12-13H,6-9,11H2,1-5H3/t12-/m1/s1. The first-order valence-corrected chi connectivity index (χ1v) is 8.37. The van der Waals surface area contributed by atoms with E-state index in [0.717, 1.165) is 19.6 Å². The zero-order chi connectivity index (χ0) is 16.1. The van der Waals surface area contributed by atoms with Gasteiger partial charge in [-0.2, -0.15) is 5.10 Å². The van der Waals surface area contributed by atoms with Crippen molar-refractivity contribution in [1.82, 2.24) is 19.6 Å². The Morgan fingerprint density at radius 3 is 2.50 bits per heavy atom. The summed E-state index contributed by atoms with van der Waals surface area (Å²) in [6.07, 6.45) is 2.45. The van der Waals surface area contributed by atoms with Crippen LogP contribution < -0.4 is 0 Å². The normalized spacial score (nSPS) is 23.9. The van der Waals surface area contributed by atoms with Crippen molar-refractivity contribution < 1.29 is 4.79 Å². The highest BCUT2D eigenvalue weighted by Crippen LogP contribution is 2.41. The Labute approximate surface area is 133 Å². The number of hydrogen-bond donors (Lipinski definition) is 0. The van der Waals surface area contributed by atoms with E-state index in [1.54, 1.807) is 0 Å². The third-order valence-electron chi connectivity index (χ3n) is 4.68. The maximum atomic E-state index is 12.9. The van der Waals surface area contributed by atoms with Crippen LogP contribution in [0.3, 0.4) is 0 Å². The molecule has 0 unspecified atom stereocenters. The summed E-state index contributed by atoms with van der Waals surface area (Å²) < 4.78 is 2.07. The lowest BCUT2D eigenvalue weighted by molar-refractivity contribution is 0.0526. The lowest BCUT2D eigenvalue weighted by Crippen LogP contribution is -2.52. The van der Waals surface area contributed by atoms with Crippen molar-refractivity contribution in [3.8, 4) is 0 Å². The van der Waals surface area contributed by atoms with Gasteiger partial charge in [0.1, 0.15) is 0 Å². The van der Waals surface area contributed by atoms with E-state index in [1.807, 2.05) is 11.0 Å². The van der Waals surface area contributed by atoms with Crippen LogP contribution in [0.2, 0.25) is 0 Å². The van der Waals surface area contributed by atoms with Crippen molar-refractivity contribution in [3.63, 3.8) is 0 Å². The Morgan fingerprint density at radius 1 is 1.27 bits per heavy atom. The molecule has 5 heteroatoms. The lowest BCUT2D eigenvalue weighted by atomic mass is 10.1. The van der Waals surface area contributed by atoms with Gasteiger partial charge in [0.2, 0.25) is 0 Å². The summed E-state index contributed by atoms with van der Waals surface area (Å²) in [6, 6.07) is 2.28. The Kier molecular flexibility index (Phi) is 3.79. The number of rotatable bonds is 2. The minimum Gasteiger partial charge on any atom is -0.332 e. The van der Waals surface area contributed by atoms with Gasteiger partial charge in [-0.1, -0.05) is 0 Å². The summed E-state index contributed by atoms with van der Waals surface area (Å²) in [5.41, 5.74) is 1.77. The number of piperazine rings is 1. The number of likely N-dealkylation sites (N-methyl/N-ethyl adjacent to an activating group) is 1. The second-order valence-electron chi connectivity index (χ2n) is 7.92. The van der Waals surface area contributed by atoms with E-state index < -0.39 is 0 Å². The van der Waals surface area contributed by atoms with E-state index >= 15 is 0 Å². The molecular formula is C17H28N4O. The van der Waals surface area contributed by atoms with E-state index in [0.29, 0.717) is 11.6 Å². The largest absolute Gasteiger partial charge is 0.332 e. The second kappa shape index (κ2) is 5.37. The highest BCUT2D eigenvalue weighted by atomic mass is 16.2. The van der Waals surface area contributed by atoms with Crippen molar-refractivity contribution >= 4 is 5.91 Å². The number of carbonyl (C=O) groups excluding carboxylic acids is 1. The van der Waals surface area contributed by atoms with E-state index in [1.165, 1.54) is 18.5 Å². The van der Waals surface area contributed by atoms with Crippen LogP contribution in [-0.4, -0.2) is 58.2 Å². The van der Waals surface area contributed by atoms with Gasteiger partial charge in [-0.15, -0.1) is 0 Å². The van der Waals surface area contributed by atoms with Gasteiger partial charge in [0.05, 0.1) is 5.54 Å². The van der Waals surface area contributed by atoms with Gasteiger partial charge in [-0.05, 0) is 53.7 Å². The van der Waals surface area contributed by atoms with Gasteiger partial charge in [0.25, 0.3) is 5.91 Å². The molecule has 1 aliphatic heterocycles. The molecule has 1 saturated heterocycles. The molecule has 2 aliphatic rings. The molecule has 0 spiro atoms. The van der Waals surface area contributed by atoms with Gasteiger partial charge in [-0.25, -0.2) is 0 Å². The van der Waals surface area contributed by atoms with Crippen LogP contribution >= 0.6 is 0 Å². The molecule has 1 atom stereocenters. The number of aromatic nitrogens is 2. The quantitative estimate of drug-likeness (QED) is 0.842. The van der Waals surface area contributed by atoms with Gasteiger partial charge in [-0.3, -0.25) is 9.48 Å². The molecule has 1 amide bonds. The van der Waals surface area contributed by atoms with E-state index in [9.17, 15) is 4.79 Å².